The third kappa shape index (κ3) is 6.55. The molecule has 2 aromatic rings. The minimum Gasteiger partial charge on any atom is -0.427 e. The SMILES string of the molecule is CC(C)(C)c1cccc(C(C)(C)C)c1C(CCB(O)O)c1c(C(C)(C)C)cccc1C(C)(C)C. The van der Waals surface area contributed by atoms with Crippen LogP contribution in [0.2, 0.25) is 6.32 Å². The second-order valence-corrected chi connectivity index (χ2v) is 14.1. The molecule has 0 saturated heterocycles. The van der Waals surface area contributed by atoms with Crippen molar-refractivity contribution >= 4 is 7.12 Å². The smallest absolute Gasteiger partial charge is 0.427 e. The summed E-state index contributed by atoms with van der Waals surface area (Å²) in [4.78, 5) is 0. The summed E-state index contributed by atoms with van der Waals surface area (Å²) >= 11 is 0. The second kappa shape index (κ2) is 9.82. The average molecular weight is 465 g/mol. The Morgan fingerprint density at radius 1 is 0.559 bits per heavy atom. The van der Waals surface area contributed by atoms with E-state index in [2.05, 4.69) is 119 Å². The molecule has 0 bridgehead atoms. The molecule has 2 nitrogen and oxygen atoms in total. The maximum absolute atomic E-state index is 9.97. The summed E-state index contributed by atoms with van der Waals surface area (Å²) in [6.45, 7) is 27.5. The molecule has 3 heteroatoms. The zero-order valence-electron chi connectivity index (χ0n) is 23.9. The highest BCUT2D eigenvalue weighted by Gasteiger charge is 2.36. The zero-order valence-corrected chi connectivity index (χ0v) is 23.9. The van der Waals surface area contributed by atoms with E-state index in [4.69, 9.17) is 0 Å². The van der Waals surface area contributed by atoms with E-state index in [0.717, 1.165) is 0 Å². The van der Waals surface area contributed by atoms with Crippen LogP contribution < -0.4 is 0 Å². The van der Waals surface area contributed by atoms with Crippen molar-refractivity contribution in [1.29, 1.82) is 0 Å². The lowest BCUT2D eigenvalue weighted by atomic mass is 9.64. The highest BCUT2D eigenvalue weighted by atomic mass is 16.4. The van der Waals surface area contributed by atoms with E-state index in [0.29, 0.717) is 12.7 Å². The molecule has 0 aliphatic carbocycles. The first-order valence-electron chi connectivity index (χ1n) is 12.9. The number of benzene rings is 2. The summed E-state index contributed by atoms with van der Waals surface area (Å²) in [5.41, 5.74) is 7.98. The molecule has 2 rings (SSSR count). The van der Waals surface area contributed by atoms with Crippen LogP contribution >= 0.6 is 0 Å². The average Bonchev–Trinajstić information content (AvgIpc) is 2.64. The van der Waals surface area contributed by atoms with Gasteiger partial charge in [-0.15, -0.1) is 0 Å². The molecule has 0 aliphatic rings. The van der Waals surface area contributed by atoms with Crippen molar-refractivity contribution < 1.29 is 10.0 Å². The van der Waals surface area contributed by atoms with Crippen LogP contribution in [0, 0.1) is 0 Å². The van der Waals surface area contributed by atoms with Crippen molar-refractivity contribution in [1.82, 2.24) is 0 Å². The van der Waals surface area contributed by atoms with Gasteiger partial charge in [0, 0.05) is 5.92 Å². The van der Waals surface area contributed by atoms with Gasteiger partial charge in [0.25, 0.3) is 0 Å². The Kier molecular flexibility index (Phi) is 8.28. The molecule has 34 heavy (non-hydrogen) atoms. The van der Waals surface area contributed by atoms with Crippen LogP contribution in [0.15, 0.2) is 36.4 Å². The predicted octanol–water partition coefficient (Wildman–Crippen LogP) is 7.87. The van der Waals surface area contributed by atoms with Crippen molar-refractivity contribution in [3.8, 4) is 0 Å². The third-order valence-corrected chi connectivity index (χ3v) is 6.85. The van der Waals surface area contributed by atoms with Crippen molar-refractivity contribution in [3.05, 3.63) is 69.8 Å². The molecule has 0 aromatic heterocycles. The van der Waals surface area contributed by atoms with E-state index >= 15 is 0 Å². The topological polar surface area (TPSA) is 40.5 Å². The fourth-order valence-electron chi connectivity index (χ4n) is 5.25. The van der Waals surface area contributed by atoms with Crippen LogP contribution in [-0.4, -0.2) is 17.2 Å². The molecular formula is C31H49BO2. The van der Waals surface area contributed by atoms with E-state index < -0.39 is 7.12 Å². The summed E-state index contributed by atoms with van der Waals surface area (Å²) in [5.74, 6) is 0.0658. The lowest BCUT2D eigenvalue weighted by Gasteiger charge is -2.39. The molecule has 0 aliphatic heterocycles. The van der Waals surface area contributed by atoms with Crippen molar-refractivity contribution in [3.63, 3.8) is 0 Å². The predicted molar refractivity (Wildman–Crippen MR) is 149 cm³/mol. The van der Waals surface area contributed by atoms with Gasteiger partial charge in [-0.05, 0) is 67.8 Å². The second-order valence-electron chi connectivity index (χ2n) is 14.1. The summed E-state index contributed by atoms with van der Waals surface area (Å²) in [5, 5.41) is 19.9. The summed E-state index contributed by atoms with van der Waals surface area (Å²) in [7, 11) is -1.32. The minimum absolute atomic E-state index is 0.0365. The number of rotatable bonds is 5. The molecule has 0 amide bonds. The van der Waals surface area contributed by atoms with E-state index in [9.17, 15) is 10.0 Å². The standard InChI is InChI=1S/C31H49BO2/c1-28(2,3)22-15-13-16-23(29(4,5)6)26(22)21(19-20-32(33)34)27-24(30(7,8)9)17-14-18-25(27)31(10,11)12/h13-18,21,33-34H,19-20H2,1-12H3. The highest BCUT2D eigenvalue weighted by Crippen LogP contribution is 2.47. The normalized spacial score (nSPS) is 13.5. The van der Waals surface area contributed by atoms with Crippen LogP contribution in [0.1, 0.15) is 129 Å². The molecule has 0 unspecified atom stereocenters. The Hall–Kier alpha value is -1.58. The lowest BCUT2D eigenvalue weighted by molar-refractivity contribution is 0.400. The van der Waals surface area contributed by atoms with Crippen LogP contribution in [0.3, 0.4) is 0 Å². The maximum Gasteiger partial charge on any atom is 0.451 e. The molecule has 0 fully saturated rings. The van der Waals surface area contributed by atoms with E-state index in [1.54, 1.807) is 0 Å². The Morgan fingerprint density at radius 2 is 0.824 bits per heavy atom. The monoisotopic (exact) mass is 464 g/mol. The molecule has 2 N–H and O–H groups in total. The van der Waals surface area contributed by atoms with Crippen molar-refractivity contribution in [2.24, 2.45) is 0 Å². The molecule has 0 atom stereocenters. The highest BCUT2D eigenvalue weighted by molar-refractivity contribution is 6.40. The van der Waals surface area contributed by atoms with Gasteiger partial charge in [0.1, 0.15) is 0 Å². The van der Waals surface area contributed by atoms with Crippen LogP contribution in [-0.2, 0) is 21.7 Å². The first-order chi connectivity index (χ1) is 15.3. The lowest BCUT2D eigenvalue weighted by Crippen LogP contribution is -2.28. The van der Waals surface area contributed by atoms with Gasteiger partial charge >= 0.3 is 7.12 Å². The van der Waals surface area contributed by atoms with Gasteiger partial charge in [-0.25, -0.2) is 0 Å². The number of hydrogen-bond acceptors (Lipinski definition) is 2. The fraction of sp³-hybridized carbons (Fsp3) is 0.613. The van der Waals surface area contributed by atoms with Gasteiger partial charge in [-0.1, -0.05) is 119 Å². The first kappa shape index (κ1) is 28.7. The number of hydrogen-bond donors (Lipinski definition) is 2. The summed E-state index contributed by atoms with van der Waals surface area (Å²) < 4.78 is 0. The quantitative estimate of drug-likeness (QED) is 0.442. The van der Waals surface area contributed by atoms with Gasteiger partial charge in [0.05, 0.1) is 0 Å². The molecular weight excluding hydrogens is 415 g/mol. The fourth-order valence-corrected chi connectivity index (χ4v) is 5.25. The van der Waals surface area contributed by atoms with Gasteiger partial charge in [0.2, 0.25) is 0 Å². The van der Waals surface area contributed by atoms with Crippen LogP contribution in [0.25, 0.3) is 0 Å². The van der Waals surface area contributed by atoms with Crippen LogP contribution in [0.5, 0.6) is 0 Å². The molecule has 0 radical (unpaired) electrons. The first-order valence-corrected chi connectivity index (χ1v) is 12.9. The van der Waals surface area contributed by atoms with Crippen molar-refractivity contribution in [2.45, 2.75) is 123 Å². The Bertz CT molecular complexity index is 836. The molecule has 0 spiro atoms. The van der Waals surface area contributed by atoms with E-state index in [1.807, 2.05) is 0 Å². The Morgan fingerprint density at radius 3 is 1.03 bits per heavy atom. The Balaban J connectivity index is 3.11. The maximum atomic E-state index is 9.97. The molecule has 0 heterocycles. The van der Waals surface area contributed by atoms with E-state index in [-0.39, 0.29) is 27.6 Å². The van der Waals surface area contributed by atoms with Gasteiger partial charge in [-0.2, -0.15) is 0 Å². The van der Waals surface area contributed by atoms with Crippen molar-refractivity contribution in [2.75, 3.05) is 0 Å². The third-order valence-electron chi connectivity index (χ3n) is 6.85. The van der Waals surface area contributed by atoms with Gasteiger partial charge in [0.15, 0.2) is 0 Å². The van der Waals surface area contributed by atoms with Crippen LogP contribution in [0.4, 0.5) is 0 Å². The minimum atomic E-state index is -1.32. The Labute approximate surface area is 210 Å². The zero-order chi connectivity index (χ0) is 26.3. The molecule has 2 aromatic carbocycles. The summed E-state index contributed by atoms with van der Waals surface area (Å²) in [6, 6.07) is 13.5. The van der Waals surface area contributed by atoms with Gasteiger partial charge in [-0.3, -0.25) is 0 Å². The molecule has 0 saturated carbocycles. The largest absolute Gasteiger partial charge is 0.451 e. The summed E-state index contributed by atoms with van der Waals surface area (Å²) in [6.07, 6.45) is 1.03. The molecule has 188 valence electrons. The van der Waals surface area contributed by atoms with E-state index in [1.165, 1.54) is 33.4 Å². The van der Waals surface area contributed by atoms with Gasteiger partial charge < -0.3 is 10.0 Å².